The summed E-state index contributed by atoms with van der Waals surface area (Å²) in [5.74, 6) is 0.386. The van der Waals surface area contributed by atoms with Crippen molar-refractivity contribution in [3.05, 3.63) is 34.4 Å². The summed E-state index contributed by atoms with van der Waals surface area (Å²) >= 11 is 0. The van der Waals surface area contributed by atoms with Crippen LogP contribution in [0.2, 0.25) is 0 Å². The van der Waals surface area contributed by atoms with Gasteiger partial charge >= 0.3 is 6.16 Å². The number of benzene rings is 1. The highest BCUT2D eigenvalue weighted by Gasteiger charge is 2.33. The van der Waals surface area contributed by atoms with Gasteiger partial charge < -0.3 is 14.9 Å². The van der Waals surface area contributed by atoms with Crippen LogP contribution in [0.5, 0.6) is 0 Å². The fourth-order valence-corrected chi connectivity index (χ4v) is 4.09. The molecule has 0 radical (unpaired) electrons. The molecule has 1 saturated carbocycles. The van der Waals surface area contributed by atoms with Crippen LogP contribution in [0.4, 0.5) is 4.79 Å². The third kappa shape index (κ3) is 8.12. The largest absolute Gasteiger partial charge is 0.503 e. The average Bonchev–Trinajstić information content (AvgIpc) is 2.53. The van der Waals surface area contributed by atoms with E-state index in [0.29, 0.717) is 24.7 Å². The molecule has 0 heterocycles. The predicted octanol–water partition coefficient (Wildman–Crippen LogP) is 5.32. The summed E-state index contributed by atoms with van der Waals surface area (Å²) in [5.41, 5.74) is 5.17. The highest BCUT2D eigenvalue weighted by Crippen LogP contribution is 2.40. The number of carboxylic acid groups (broad SMARTS) is 2. The molecule has 1 aliphatic carbocycles. The Balaban J connectivity index is 0.000000828. The van der Waals surface area contributed by atoms with Crippen molar-refractivity contribution in [1.82, 2.24) is 0 Å². The van der Waals surface area contributed by atoms with Crippen molar-refractivity contribution in [3.63, 3.8) is 0 Å². The van der Waals surface area contributed by atoms with Crippen LogP contribution in [0, 0.1) is 26.2 Å². The number of ketones is 1. The number of carbonyl (C=O) groups excluding carboxylic acids is 1. The molecule has 2 N–H and O–H groups in total. The highest BCUT2D eigenvalue weighted by atomic mass is 16.6. The van der Waals surface area contributed by atoms with E-state index >= 15 is 0 Å². The second kappa shape index (κ2) is 10.5. The first-order chi connectivity index (χ1) is 12.6. The van der Waals surface area contributed by atoms with E-state index in [-0.39, 0.29) is 5.41 Å². The molecule has 2 rings (SSSR count). The fraction of sp³-hybridized carbons (Fsp3) is 0.636. The zero-order chi connectivity index (χ0) is 20.6. The molecule has 0 saturated heterocycles. The molecule has 1 aromatic rings. The van der Waals surface area contributed by atoms with Crippen LogP contribution in [-0.4, -0.2) is 34.9 Å². The first kappa shape index (κ1) is 23.2. The maximum Gasteiger partial charge on any atom is 0.503 e. The minimum absolute atomic E-state index is 0.164. The Bertz CT molecular complexity index is 615. The number of hydrogen-bond acceptors (Lipinski definition) is 3. The third-order valence-corrected chi connectivity index (χ3v) is 5.38. The van der Waals surface area contributed by atoms with Crippen LogP contribution in [0.15, 0.2) is 12.1 Å². The lowest BCUT2D eigenvalue weighted by atomic mass is 9.71. The van der Waals surface area contributed by atoms with Crippen LogP contribution in [-0.2, 0) is 16.0 Å². The van der Waals surface area contributed by atoms with Gasteiger partial charge in [-0.3, -0.25) is 4.79 Å². The van der Waals surface area contributed by atoms with Crippen molar-refractivity contribution in [2.75, 3.05) is 6.61 Å². The van der Waals surface area contributed by atoms with E-state index in [4.69, 9.17) is 19.7 Å². The molecule has 27 heavy (non-hydrogen) atoms. The summed E-state index contributed by atoms with van der Waals surface area (Å²) < 4.78 is 5.73. The van der Waals surface area contributed by atoms with Crippen molar-refractivity contribution in [2.24, 2.45) is 5.41 Å². The van der Waals surface area contributed by atoms with Crippen LogP contribution in [0.3, 0.4) is 0 Å². The summed E-state index contributed by atoms with van der Waals surface area (Å²) in [7, 11) is 0. The molecule has 0 bridgehead atoms. The molecule has 5 heteroatoms. The van der Waals surface area contributed by atoms with Gasteiger partial charge in [0.2, 0.25) is 0 Å². The minimum atomic E-state index is -1.83. The smallest absolute Gasteiger partial charge is 0.450 e. The molecule has 5 nitrogen and oxygen atoms in total. The van der Waals surface area contributed by atoms with Gasteiger partial charge in [0.25, 0.3) is 0 Å². The van der Waals surface area contributed by atoms with E-state index < -0.39 is 6.16 Å². The Kier molecular flexibility index (Phi) is 8.97. The predicted molar refractivity (Wildman–Crippen MR) is 107 cm³/mol. The van der Waals surface area contributed by atoms with Crippen LogP contribution < -0.4 is 0 Å². The molecular weight excluding hydrogens is 344 g/mol. The summed E-state index contributed by atoms with van der Waals surface area (Å²) in [6.45, 7) is 11.5. The van der Waals surface area contributed by atoms with E-state index in [1.165, 1.54) is 22.3 Å². The van der Waals surface area contributed by atoms with E-state index in [1.807, 2.05) is 0 Å². The van der Waals surface area contributed by atoms with E-state index in [9.17, 15) is 4.79 Å². The Morgan fingerprint density at radius 1 is 1.11 bits per heavy atom. The molecule has 152 valence electrons. The lowest BCUT2D eigenvalue weighted by molar-refractivity contribution is -0.121. The number of carbonyl (C=O) groups is 2. The summed E-state index contributed by atoms with van der Waals surface area (Å²) in [5, 5.41) is 13.9. The van der Waals surface area contributed by atoms with Crippen molar-refractivity contribution < 1.29 is 24.5 Å². The Morgan fingerprint density at radius 3 is 2.04 bits per heavy atom. The molecule has 0 amide bonds. The fourth-order valence-electron chi connectivity index (χ4n) is 4.09. The monoisotopic (exact) mass is 378 g/mol. The Morgan fingerprint density at radius 2 is 1.59 bits per heavy atom. The minimum Gasteiger partial charge on any atom is -0.450 e. The summed E-state index contributed by atoms with van der Waals surface area (Å²) in [6, 6.07) is 4.37. The summed E-state index contributed by atoms with van der Waals surface area (Å²) in [6.07, 6.45) is 4.27. The molecule has 1 aromatic carbocycles. The van der Waals surface area contributed by atoms with E-state index in [2.05, 4.69) is 46.8 Å². The van der Waals surface area contributed by atoms with Gasteiger partial charge in [-0.25, -0.2) is 4.79 Å². The number of ether oxygens (including phenoxy) is 1. The van der Waals surface area contributed by atoms with Gasteiger partial charge in [-0.1, -0.05) is 24.6 Å². The maximum atomic E-state index is 12.7. The molecule has 0 atom stereocenters. The van der Waals surface area contributed by atoms with Gasteiger partial charge in [-0.15, -0.1) is 0 Å². The van der Waals surface area contributed by atoms with Gasteiger partial charge in [-0.2, -0.15) is 0 Å². The lowest BCUT2D eigenvalue weighted by Gasteiger charge is -2.37. The quantitative estimate of drug-likeness (QED) is 0.700. The number of Topliss-reactive ketones (excluding diaryl/α,β-unsaturated/α-hetero) is 1. The normalized spacial score (nSPS) is 21.9. The van der Waals surface area contributed by atoms with Gasteiger partial charge in [-0.05, 0) is 75.5 Å². The van der Waals surface area contributed by atoms with Gasteiger partial charge in [0.1, 0.15) is 5.78 Å². The zero-order valence-corrected chi connectivity index (χ0v) is 17.3. The maximum absolute atomic E-state index is 12.7. The molecular formula is C22H34O5. The van der Waals surface area contributed by atoms with Crippen molar-refractivity contribution in [2.45, 2.75) is 79.2 Å². The molecule has 0 aliphatic heterocycles. The second-order valence-corrected chi connectivity index (χ2v) is 8.02. The molecule has 0 spiro atoms. The standard InChI is InChI=1S/C21H32O2.CH2O3/c1-6-23-19-7-9-21(5,10-8-19)14-18(22)13-20-16(3)11-15(2)12-17(20)4;2-1(3)4/h11-12,19H,6-10,13-14H2,1-5H3;(H2,2,3,4). The lowest BCUT2D eigenvalue weighted by Crippen LogP contribution is -2.31. The van der Waals surface area contributed by atoms with Gasteiger partial charge in [0, 0.05) is 19.4 Å². The number of rotatable bonds is 6. The van der Waals surface area contributed by atoms with Gasteiger partial charge in [0.05, 0.1) is 6.10 Å². The van der Waals surface area contributed by atoms with Crippen molar-refractivity contribution in [3.8, 4) is 0 Å². The highest BCUT2D eigenvalue weighted by molar-refractivity contribution is 5.82. The number of hydrogen-bond donors (Lipinski definition) is 2. The first-order valence-electron chi connectivity index (χ1n) is 9.68. The number of aryl methyl sites for hydroxylation is 3. The first-order valence-corrected chi connectivity index (χ1v) is 9.68. The topological polar surface area (TPSA) is 83.8 Å². The van der Waals surface area contributed by atoms with Crippen molar-refractivity contribution >= 4 is 11.9 Å². The molecule has 1 aliphatic rings. The van der Waals surface area contributed by atoms with Crippen molar-refractivity contribution in [1.29, 1.82) is 0 Å². The molecule has 0 aromatic heterocycles. The molecule has 1 fully saturated rings. The Labute approximate surface area is 162 Å². The van der Waals surface area contributed by atoms with Crippen LogP contribution >= 0.6 is 0 Å². The molecule has 0 unspecified atom stereocenters. The van der Waals surface area contributed by atoms with Crippen LogP contribution in [0.25, 0.3) is 0 Å². The summed E-state index contributed by atoms with van der Waals surface area (Å²) in [4.78, 5) is 21.2. The second-order valence-electron chi connectivity index (χ2n) is 8.02. The SMILES string of the molecule is CCOC1CCC(C)(CC(=O)Cc2c(C)cc(C)cc2C)CC1.O=C(O)O. The third-order valence-electron chi connectivity index (χ3n) is 5.38. The Hall–Kier alpha value is -1.88. The van der Waals surface area contributed by atoms with E-state index in [0.717, 1.165) is 32.3 Å². The zero-order valence-electron chi connectivity index (χ0n) is 17.3. The average molecular weight is 379 g/mol. The van der Waals surface area contributed by atoms with Crippen LogP contribution in [0.1, 0.15) is 68.2 Å². The van der Waals surface area contributed by atoms with E-state index in [1.54, 1.807) is 0 Å². The van der Waals surface area contributed by atoms with Gasteiger partial charge in [0.15, 0.2) is 0 Å².